The monoisotopic (exact) mass is 276 g/mol. The number of hydrogen-bond donors (Lipinski definition) is 0. The Labute approximate surface area is 114 Å². The number of benzene rings is 1. The average molecular weight is 276 g/mol. The second kappa shape index (κ2) is 5.56. The molecule has 0 spiro atoms. The van der Waals surface area contributed by atoms with E-state index in [9.17, 15) is 14.4 Å². The van der Waals surface area contributed by atoms with E-state index in [-0.39, 0.29) is 23.7 Å². The third kappa shape index (κ3) is 2.54. The van der Waals surface area contributed by atoms with Gasteiger partial charge in [0, 0.05) is 12.3 Å². The molecule has 104 valence electrons. The highest BCUT2D eigenvalue weighted by Gasteiger charge is 2.22. The zero-order valence-corrected chi connectivity index (χ0v) is 11.0. The van der Waals surface area contributed by atoms with E-state index in [0.717, 1.165) is 0 Å². The number of rotatable bonds is 4. The second-order valence-electron chi connectivity index (χ2n) is 3.93. The van der Waals surface area contributed by atoms with E-state index in [1.54, 1.807) is 6.92 Å². The van der Waals surface area contributed by atoms with Crippen LogP contribution in [0.5, 0.6) is 5.75 Å². The number of fused-ring (bicyclic) bond motifs is 1. The molecule has 2 rings (SSSR count). The second-order valence-corrected chi connectivity index (χ2v) is 3.93. The highest BCUT2D eigenvalue weighted by molar-refractivity contribution is 6.09. The summed E-state index contributed by atoms with van der Waals surface area (Å²) >= 11 is 0. The largest absolute Gasteiger partial charge is 0.462 e. The number of furan rings is 1. The summed E-state index contributed by atoms with van der Waals surface area (Å²) in [6.45, 7) is 3.10. The van der Waals surface area contributed by atoms with Crippen LogP contribution in [0.3, 0.4) is 0 Å². The number of carbonyl (C=O) groups is 3. The molecular formula is C14H12O6. The SMILES string of the molecule is CCOC(=O)c1c(C=O)oc2ccc(OC(C)=O)cc12. The molecule has 0 radical (unpaired) electrons. The minimum atomic E-state index is -0.659. The van der Waals surface area contributed by atoms with E-state index < -0.39 is 11.9 Å². The fraction of sp³-hybridized carbons (Fsp3) is 0.214. The van der Waals surface area contributed by atoms with Gasteiger partial charge >= 0.3 is 11.9 Å². The zero-order chi connectivity index (χ0) is 14.7. The van der Waals surface area contributed by atoms with Crippen molar-refractivity contribution in [2.45, 2.75) is 13.8 Å². The lowest BCUT2D eigenvalue weighted by molar-refractivity contribution is -0.131. The van der Waals surface area contributed by atoms with E-state index in [2.05, 4.69) is 0 Å². The van der Waals surface area contributed by atoms with Crippen LogP contribution in [-0.2, 0) is 9.53 Å². The number of hydrogen-bond acceptors (Lipinski definition) is 6. The lowest BCUT2D eigenvalue weighted by Crippen LogP contribution is -2.06. The molecule has 1 aromatic heterocycles. The lowest BCUT2D eigenvalue weighted by atomic mass is 10.1. The Hall–Kier alpha value is -2.63. The molecule has 0 saturated heterocycles. The van der Waals surface area contributed by atoms with Gasteiger partial charge in [-0.25, -0.2) is 4.79 Å². The standard InChI is InChI=1S/C14H12O6/c1-3-18-14(17)13-10-6-9(19-8(2)16)4-5-11(10)20-12(13)7-15/h4-7H,3H2,1-2H3. The van der Waals surface area contributed by atoms with Crippen LogP contribution in [0.2, 0.25) is 0 Å². The number of esters is 2. The molecule has 20 heavy (non-hydrogen) atoms. The van der Waals surface area contributed by atoms with Crippen LogP contribution in [-0.4, -0.2) is 24.8 Å². The number of carbonyl (C=O) groups excluding carboxylic acids is 3. The van der Waals surface area contributed by atoms with E-state index in [0.29, 0.717) is 17.3 Å². The summed E-state index contributed by atoms with van der Waals surface area (Å²) < 4.78 is 15.1. The Bertz CT molecular complexity index is 682. The molecule has 0 fully saturated rings. The van der Waals surface area contributed by atoms with Gasteiger partial charge in [0.05, 0.1) is 6.61 Å². The highest BCUT2D eigenvalue weighted by Crippen LogP contribution is 2.29. The van der Waals surface area contributed by atoms with Crippen molar-refractivity contribution < 1.29 is 28.3 Å². The van der Waals surface area contributed by atoms with Gasteiger partial charge in [0.2, 0.25) is 0 Å². The number of ether oxygens (including phenoxy) is 2. The Morgan fingerprint density at radius 2 is 2.10 bits per heavy atom. The summed E-state index contributed by atoms with van der Waals surface area (Å²) in [6, 6.07) is 4.49. The molecular weight excluding hydrogens is 264 g/mol. The van der Waals surface area contributed by atoms with Crippen molar-refractivity contribution in [3.05, 3.63) is 29.5 Å². The molecule has 1 aromatic carbocycles. The normalized spacial score (nSPS) is 10.3. The summed E-state index contributed by atoms with van der Waals surface area (Å²) in [4.78, 5) is 33.8. The Morgan fingerprint density at radius 1 is 1.35 bits per heavy atom. The first-order chi connectivity index (χ1) is 9.56. The predicted octanol–water partition coefficient (Wildman–Crippen LogP) is 2.35. The van der Waals surface area contributed by atoms with E-state index in [1.165, 1.54) is 25.1 Å². The van der Waals surface area contributed by atoms with Crippen molar-refractivity contribution in [2.24, 2.45) is 0 Å². The minimum Gasteiger partial charge on any atom is -0.462 e. The van der Waals surface area contributed by atoms with Gasteiger partial charge in [0.25, 0.3) is 0 Å². The fourth-order valence-electron chi connectivity index (χ4n) is 1.82. The van der Waals surface area contributed by atoms with Crippen molar-refractivity contribution >= 4 is 29.2 Å². The van der Waals surface area contributed by atoms with Crippen LogP contribution in [0.25, 0.3) is 11.0 Å². The summed E-state index contributed by atoms with van der Waals surface area (Å²) in [5.74, 6) is -0.998. The molecule has 0 aliphatic heterocycles. The van der Waals surface area contributed by atoms with Crippen molar-refractivity contribution in [2.75, 3.05) is 6.61 Å². The van der Waals surface area contributed by atoms with E-state index in [1.807, 2.05) is 0 Å². The summed E-state index contributed by atoms with van der Waals surface area (Å²) in [6.07, 6.45) is 0.442. The molecule has 0 N–H and O–H groups in total. The summed E-state index contributed by atoms with van der Waals surface area (Å²) in [5, 5.41) is 0.365. The molecule has 2 aromatic rings. The first-order valence-corrected chi connectivity index (χ1v) is 5.94. The van der Waals surface area contributed by atoms with Crippen LogP contribution in [0.15, 0.2) is 22.6 Å². The van der Waals surface area contributed by atoms with Gasteiger partial charge in [-0.15, -0.1) is 0 Å². The Balaban J connectivity index is 2.59. The fourth-order valence-corrected chi connectivity index (χ4v) is 1.82. The first kappa shape index (κ1) is 13.8. The van der Waals surface area contributed by atoms with Crippen LogP contribution in [0, 0.1) is 0 Å². The predicted molar refractivity (Wildman–Crippen MR) is 68.9 cm³/mol. The van der Waals surface area contributed by atoms with Gasteiger partial charge in [-0.3, -0.25) is 9.59 Å². The minimum absolute atomic E-state index is 0.0332. The van der Waals surface area contributed by atoms with Crippen LogP contribution in [0.1, 0.15) is 34.8 Å². The van der Waals surface area contributed by atoms with Crippen molar-refractivity contribution in [3.63, 3.8) is 0 Å². The molecule has 0 aliphatic rings. The Kier molecular flexibility index (Phi) is 3.84. The van der Waals surface area contributed by atoms with Crippen molar-refractivity contribution in [1.82, 2.24) is 0 Å². The Morgan fingerprint density at radius 3 is 2.70 bits per heavy atom. The maximum atomic E-state index is 11.9. The quantitative estimate of drug-likeness (QED) is 0.484. The summed E-state index contributed by atoms with van der Waals surface area (Å²) in [7, 11) is 0. The van der Waals surface area contributed by atoms with Crippen LogP contribution >= 0.6 is 0 Å². The molecule has 0 aliphatic carbocycles. The van der Waals surface area contributed by atoms with E-state index in [4.69, 9.17) is 13.9 Å². The molecule has 0 saturated carbocycles. The third-order valence-corrected chi connectivity index (χ3v) is 2.53. The van der Waals surface area contributed by atoms with E-state index >= 15 is 0 Å². The molecule has 1 heterocycles. The molecule has 6 nitrogen and oxygen atoms in total. The molecule has 0 bridgehead atoms. The van der Waals surface area contributed by atoms with Gasteiger partial charge in [-0.05, 0) is 25.1 Å². The van der Waals surface area contributed by atoms with Gasteiger partial charge in [0.1, 0.15) is 16.9 Å². The molecule has 0 unspecified atom stereocenters. The van der Waals surface area contributed by atoms with Gasteiger partial charge in [-0.2, -0.15) is 0 Å². The number of aldehydes is 1. The average Bonchev–Trinajstić information content (AvgIpc) is 2.76. The van der Waals surface area contributed by atoms with Crippen molar-refractivity contribution in [3.8, 4) is 5.75 Å². The lowest BCUT2D eigenvalue weighted by Gasteiger charge is -2.02. The topological polar surface area (TPSA) is 82.8 Å². The van der Waals surface area contributed by atoms with Gasteiger partial charge in [-0.1, -0.05) is 0 Å². The highest BCUT2D eigenvalue weighted by atomic mass is 16.5. The summed E-state index contributed by atoms with van der Waals surface area (Å²) in [5.41, 5.74) is 0.372. The molecule has 0 amide bonds. The third-order valence-electron chi connectivity index (χ3n) is 2.53. The van der Waals surface area contributed by atoms with Gasteiger partial charge < -0.3 is 13.9 Å². The maximum Gasteiger partial charge on any atom is 0.342 e. The molecule has 0 atom stereocenters. The molecule has 6 heteroatoms. The maximum absolute atomic E-state index is 11.9. The zero-order valence-electron chi connectivity index (χ0n) is 11.0. The smallest absolute Gasteiger partial charge is 0.342 e. The van der Waals surface area contributed by atoms with Crippen LogP contribution < -0.4 is 4.74 Å². The van der Waals surface area contributed by atoms with Crippen LogP contribution in [0.4, 0.5) is 0 Å². The van der Waals surface area contributed by atoms with Crippen molar-refractivity contribution in [1.29, 1.82) is 0 Å². The first-order valence-electron chi connectivity index (χ1n) is 5.94. The van der Waals surface area contributed by atoms with Gasteiger partial charge in [0.15, 0.2) is 12.0 Å².